The fourth-order valence-corrected chi connectivity index (χ4v) is 2.28. The molecule has 0 spiro atoms. The van der Waals surface area contributed by atoms with E-state index in [4.69, 9.17) is 4.74 Å². The number of ether oxygens (including phenoxy) is 1. The number of rotatable bonds is 7. The molecule has 0 aromatic carbocycles. The maximum Gasteiger partial charge on any atom is 0.269 e. The van der Waals surface area contributed by atoms with Crippen LogP contribution in [0.25, 0.3) is 0 Å². The Morgan fingerprint density at radius 1 is 1.43 bits per heavy atom. The number of hydrogen-bond donors (Lipinski definition) is 2. The molecular weight excluding hydrogens is 268 g/mol. The average molecular weight is 292 g/mol. The molecule has 21 heavy (non-hydrogen) atoms. The lowest BCUT2D eigenvalue weighted by Gasteiger charge is -2.26. The smallest absolute Gasteiger partial charge is 0.269 e. The largest absolute Gasteiger partial charge is 0.385 e. The maximum atomic E-state index is 11.7. The number of carbonyl (C=O) groups is 1. The summed E-state index contributed by atoms with van der Waals surface area (Å²) in [6, 6.07) is 3.68. The SMILES string of the molecule is CCNC(=O)c1cc(NCCCN2CCOCC2)ccn1. The topological polar surface area (TPSA) is 66.5 Å². The lowest BCUT2D eigenvalue weighted by atomic mass is 10.3. The third-order valence-electron chi connectivity index (χ3n) is 3.41. The van der Waals surface area contributed by atoms with Crippen molar-refractivity contribution in [1.82, 2.24) is 15.2 Å². The van der Waals surface area contributed by atoms with Crippen LogP contribution in [0.2, 0.25) is 0 Å². The predicted molar refractivity (Wildman–Crippen MR) is 82.6 cm³/mol. The molecule has 0 bridgehead atoms. The first-order chi connectivity index (χ1) is 10.3. The number of morpholine rings is 1. The number of nitrogens with zero attached hydrogens (tertiary/aromatic N) is 2. The van der Waals surface area contributed by atoms with Crippen molar-refractivity contribution in [3.05, 3.63) is 24.0 Å². The van der Waals surface area contributed by atoms with Crippen LogP contribution in [-0.2, 0) is 4.74 Å². The number of nitrogens with one attached hydrogen (secondary N) is 2. The predicted octanol–water partition coefficient (Wildman–Crippen LogP) is 0.966. The minimum absolute atomic E-state index is 0.130. The van der Waals surface area contributed by atoms with Gasteiger partial charge in [-0.3, -0.25) is 14.7 Å². The maximum absolute atomic E-state index is 11.7. The first kappa shape index (κ1) is 15.7. The summed E-state index contributed by atoms with van der Waals surface area (Å²) in [4.78, 5) is 18.2. The molecular formula is C15H24N4O2. The summed E-state index contributed by atoms with van der Waals surface area (Å²) in [5.74, 6) is -0.130. The van der Waals surface area contributed by atoms with E-state index < -0.39 is 0 Å². The minimum atomic E-state index is -0.130. The van der Waals surface area contributed by atoms with Gasteiger partial charge in [0.15, 0.2) is 0 Å². The number of anilines is 1. The Morgan fingerprint density at radius 2 is 2.24 bits per heavy atom. The normalized spacial score (nSPS) is 15.7. The molecule has 2 N–H and O–H groups in total. The number of pyridine rings is 1. The third kappa shape index (κ3) is 5.32. The Balaban J connectivity index is 1.72. The molecule has 0 unspecified atom stereocenters. The Bertz CT molecular complexity index is 447. The van der Waals surface area contributed by atoms with Gasteiger partial charge in [-0.15, -0.1) is 0 Å². The number of carbonyl (C=O) groups excluding carboxylic acids is 1. The first-order valence-corrected chi connectivity index (χ1v) is 7.58. The highest BCUT2D eigenvalue weighted by Gasteiger charge is 2.09. The van der Waals surface area contributed by atoms with Gasteiger partial charge in [-0.2, -0.15) is 0 Å². The summed E-state index contributed by atoms with van der Waals surface area (Å²) in [7, 11) is 0. The summed E-state index contributed by atoms with van der Waals surface area (Å²) in [5, 5.41) is 6.10. The van der Waals surface area contributed by atoms with Crippen molar-refractivity contribution in [1.29, 1.82) is 0 Å². The van der Waals surface area contributed by atoms with E-state index in [0.717, 1.165) is 51.5 Å². The Hall–Kier alpha value is -1.66. The van der Waals surface area contributed by atoms with E-state index in [2.05, 4.69) is 20.5 Å². The molecule has 6 heteroatoms. The van der Waals surface area contributed by atoms with Crippen LogP contribution in [0.5, 0.6) is 0 Å². The molecule has 2 rings (SSSR count). The zero-order valence-electron chi connectivity index (χ0n) is 12.6. The van der Waals surface area contributed by atoms with Crippen LogP contribution >= 0.6 is 0 Å². The quantitative estimate of drug-likeness (QED) is 0.733. The van der Waals surface area contributed by atoms with Gasteiger partial charge in [0.1, 0.15) is 5.69 Å². The van der Waals surface area contributed by atoms with Crippen LogP contribution in [0.3, 0.4) is 0 Å². The molecule has 1 aromatic rings. The van der Waals surface area contributed by atoms with Crippen LogP contribution in [0.4, 0.5) is 5.69 Å². The van der Waals surface area contributed by atoms with E-state index in [-0.39, 0.29) is 5.91 Å². The second-order valence-corrected chi connectivity index (χ2v) is 5.02. The van der Waals surface area contributed by atoms with Crippen LogP contribution in [0.15, 0.2) is 18.3 Å². The fourth-order valence-electron chi connectivity index (χ4n) is 2.28. The van der Waals surface area contributed by atoms with E-state index >= 15 is 0 Å². The molecule has 0 atom stereocenters. The highest BCUT2D eigenvalue weighted by Crippen LogP contribution is 2.08. The molecule has 1 aliphatic rings. The van der Waals surface area contributed by atoms with E-state index in [9.17, 15) is 4.79 Å². The number of hydrogen-bond acceptors (Lipinski definition) is 5. The van der Waals surface area contributed by atoms with Crippen LogP contribution < -0.4 is 10.6 Å². The van der Waals surface area contributed by atoms with E-state index in [1.165, 1.54) is 0 Å². The minimum Gasteiger partial charge on any atom is -0.385 e. The van der Waals surface area contributed by atoms with Gasteiger partial charge in [0, 0.05) is 38.1 Å². The number of amides is 1. The highest BCUT2D eigenvalue weighted by atomic mass is 16.5. The van der Waals surface area contributed by atoms with E-state index in [0.29, 0.717) is 12.2 Å². The highest BCUT2D eigenvalue weighted by molar-refractivity contribution is 5.93. The number of aromatic nitrogens is 1. The zero-order valence-corrected chi connectivity index (χ0v) is 12.6. The summed E-state index contributed by atoms with van der Waals surface area (Å²) < 4.78 is 5.33. The molecule has 0 radical (unpaired) electrons. The Labute approximate surface area is 125 Å². The molecule has 6 nitrogen and oxygen atoms in total. The molecule has 1 aromatic heterocycles. The Kier molecular flexibility index (Phi) is 6.43. The third-order valence-corrected chi connectivity index (χ3v) is 3.41. The van der Waals surface area contributed by atoms with Gasteiger partial charge in [-0.1, -0.05) is 0 Å². The van der Waals surface area contributed by atoms with Crippen molar-refractivity contribution >= 4 is 11.6 Å². The first-order valence-electron chi connectivity index (χ1n) is 7.58. The van der Waals surface area contributed by atoms with Crippen molar-refractivity contribution in [2.45, 2.75) is 13.3 Å². The Morgan fingerprint density at radius 3 is 3.00 bits per heavy atom. The molecule has 1 amide bonds. The van der Waals surface area contributed by atoms with Crippen LogP contribution in [0, 0.1) is 0 Å². The van der Waals surface area contributed by atoms with E-state index in [1.54, 1.807) is 12.3 Å². The second-order valence-electron chi connectivity index (χ2n) is 5.02. The monoisotopic (exact) mass is 292 g/mol. The van der Waals surface area contributed by atoms with E-state index in [1.807, 2.05) is 13.0 Å². The van der Waals surface area contributed by atoms with Crippen molar-refractivity contribution in [2.75, 3.05) is 51.3 Å². The second kappa shape index (κ2) is 8.59. The fraction of sp³-hybridized carbons (Fsp3) is 0.600. The average Bonchev–Trinajstić information content (AvgIpc) is 2.53. The van der Waals surface area contributed by atoms with Crippen molar-refractivity contribution < 1.29 is 9.53 Å². The van der Waals surface area contributed by atoms with Gasteiger partial charge in [0.25, 0.3) is 5.91 Å². The molecule has 1 saturated heterocycles. The summed E-state index contributed by atoms with van der Waals surface area (Å²) >= 11 is 0. The lowest BCUT2D eigenvalue weighted by molar-refractivity contribution is 0.0378. The standard InChI is InChI=1S/C15H24N4O2/c1-2-16-15(20)14-12-13(4-6-18-14)17-5-3-7-19-8-10-21-11-9-19/h4,6,12H,2-3,5,7-11H2,1H3,(H,16,20)(H,17,18). The molecule has 0 saturated carbocycles. The molecule has 116 valence electrons. The van der Waals surface area contributed by atoms with Crippen molar-refractivity contribution in [3.63, 3.8) is 0 Å². The molecule has 1 fully saturated rings. The lowest BCUT2D eigenvalue weighted by Crippen LogP contribution is -2.37. The van der Waals surface area contributed by atoms with Crippen molar-refractivity contribution in [2.24, 2.45) is 0 Å². The van der Waals surface area contributed by atoms with Gasteiger partial charge in [0.2, 0.25) is 0 Å². The van der Waals surface area contributed by atoms with Crippen LogP contribution in [-0.4, -0.2) is 61.7 Å². The van der Waals surface area contributed by atoms with Gasteiger partial charge >= 0.3 is 0 Å². The van der Waals surface area contributed by atoms with Gasteiger partial charge in [0.05, 0.1) is 13.2 Å². The molecule has 2 heterocycles. The molecule has 0 aliphatic carbocycles. The van der Waals surface area contributed by atoms with Gasteiger partial charge < -0.3 is 15.4 Å². The zero-order chi connectivity index (χ0) is 14.9. The molecule has 1 aliphatic heterocycles. The van der Waals surface area contributed by atoms with Gasteiger partial charge in [-0.05, 0) is 32.0 Å². The van der Waals surface area contributed by atoms with Gasteiger partial charge in [-0.25, -0.2) is 0 Å². The van der Waals surface area contributed by atoms with Crippen molar-refractivity contribution in [3.8, 4) is 0 Å². The summed E-state index contributed by atoms with van der Waals surface area (Å²) in [6.07, 6.45) is 2.73. The summed E-state index contributed by atoms with van der Waals surface area (Å²) in [5.41, 5.74) is 1.39. The summed E-state index contributed by atoms with van der Waals surface area (Å²) in [6.45, 7) is 8.19. The van der Waals surface area contributed by atoms with Crippen LogP contribution in [0.1, 0.15) is 23.8 Å².